The number of hydrogen-bond acceptors (Lipinski definition) is 3. The Bertz CT molecular complexity index is 360. The first-order chi connectivity index (χ1) is 8.08. The van der Waals surface area contributed by atoms with E-state index in [-0.39, 0.29) is 18.7 Å². The molecular formula is C12H18Cl2N2O. The molecular weight excluding hydrogens is 259 g/mol. The van der Waals surface area contributed by atoms with Crippen molar-refractivity contribution >= 4 is 23.2 Å². The van der Waals surface area contributed by atoms with Crippen LogP contribution in [0.5, 0.6) is 0 Å². The van der Waals surface area contributed by atoms with Gasteiger partial charge in [0.25, 0.3) is 0 Å². The van der Waals surface area contributed by atoms with Crippen molar-refractivity contribution in [2.45, 2.75) is 25.4 Å². The van der Waals surface area contributed by atoms with E-state index in [1.54, 1.807) is 12.1 Å². The van der Waals surface area contributed by atoms with Crippen LogP contribution in [-0.4, -0.2) is 24.3 Å². The van der Waals surface area contributed by atoms with E-state index in [1.807, 2.05) is 13.0 Å². The van der Waals surface area contributed by atoms with Crippen molar-refractivity contribution in [3.63, 3.8) is 0 Å². The smallest absolute Gasteiger partial charge is 0.0461 e. The zero-order chi connectivity index (χ0) is 12.8. The lowest BCUT2D eigenvalue weighted by atomic mass is 10.1. The highest BCUT2D eigenvalue weighted by Gasteiger charge is 2.15. The molecule has 0 amide bonds. The lowest BCUT2D eigenvalue weighted by molar-refractivity contribution is 0.263. The molecule has 3 nitrogen and oxygen atoms in total. The third-order valence-electron chi connectivity index (χ3n) is 2.62. The third kappa shape index (κ3) is 4.45. The number of hydrogen-bond donors (Lipinski definition) is 3. The van der Waals surface area contributed by atoms with Crippen molar-refractivity contribution in [3.8, 4) is 0 Å². The summed E-state index contributed by atoms with van der Waals surface area (Å²) in [5.74, 6) is 0. The number of benzene rings is 1. The summed E-state index contributed by atoms with van der Waals surface area (Å²) in [7, 11) is 0. The fourth-order valence-electron chi connectivity index (χ4n) is 1.69. The molecule has 0 aliphatic heterocycles. The van der Waals surface area contributed by atoms with Gasteiger partial charge in [0.1, 0.15) is 0 Å². The molecule has 0 aliphatic carbocycles. The molecule has 0 saturated carbocycles. The average molecular weight is 277 g/mol. The highest BCUT2D eigenvalue weighted by molar-refractivity contribution is 6.33. The lowest BCUT2D eigenvalue weighted by Gasteiger charge is -2.23. The molecule has 4 N–H and O–H groups in total. The third-order valence-corrected chi connectivity index (χ3v) is 3.20. The molecule has 0 bridgehead atoms. The number of halogens is 2. The predicted molar refractivity (Wildman–Crippen MR) is 72.6 cm³/mol. The van der Waals surface area contributed by atoms with Gasteiger partial charge in [-0.05, 0) is 37.1 Å². The van der Waals surface area contributed by atoms with Crippen molar-refractivity contribution in [2.24, 2.45) is 5.73 Å². The van der Waals surface area contributed by atoms with Crippen LogP contribution in [0.15, 0.2) is 18.2 Å². The summed E-state index contributed by atoms with van der Waals surface area (Å²) >= 11 is 12.1. The second kappa shape index (κ2) is 7.19. The van der Waals surface area contributed by atoms with Crippen LogP contribution in [0.4, 0.5) is 0 Å². The van der Waals surface area contributed by atoms with Crippen LogP contribution in [0.25, 0.3) is 0 Å². The van der Waals surface area contributed by atoms with Gasteiger partial charge in [-0.3, -0.25) is 0 Å². The first-order valence-corrected chi connectivity index (χ1v) is 6.36. The maximum Gasteiger partial charge on any atom is 0.0461 e. The van der Waals surface area contributed by atoms with E-state index < -0.39 is 0 Å². The summed E-state index contributed by atoms with van der Waals surface area (Å²) in [6.45, 7) is 2.57. The first kappa shape index (κ1) is 14.7. The zero-order valence-electron chi connectivity index (χ0n) is 9.79. The van der Waals surface area contributed by atoms with Crippen molar-refractivity contribution in [3.05, 3.63) is 33.8 Å². The Morgan fingerprint density at radius 2 is 2.12 bits per heavy atom. The van der Waals surface area contributed by atoms with Gasteiger partial charge in [0.05, 0.1) is 0 Å². The molecule has 17 heavy (non-hydrogen) atoms. The first-order valence-electron chi connectivity index (χ1n) is 5.60. The van der Waals surface area contributed by atoms with E-state index in [2.05, 4.69) is 5.32 Å². The van der Waals surface area contributed by atoms with Crippen LogP contribution < -0.4 is 11.1 Å². The molecule has 0 radical (unpaired) electrons. The maximum atomic E-state index is 8.87. The summed E-state index contributed by atoms with van der Waals surface area (Å²) < 4.78 is 0. The highest BCUT2D eigenvalue weighted by Crippen LogP contribution is 2.26. The molecule has 96 valence electrons. The summed E-state index contributed by atoms with van der Waals surface area (Å²) in [6.07, 6.45) is 0.675. The van der Waals surface area contributed by atoms with Crippen LogP contribution in [0.1, 0.15) is 24.9 Å². The minimum absolute atomic E-state index is 0.0530. The van der Waals surface area contributed by atoms with Gasteiger partial charge in [-0.2, -0.15) is 0 Å². The second-order valence-corrected chi connectivity index (χ2v) is 4.88. The van der Waals surface area contributed by atoms with Crippen LogP contribution in [0.3, 0.4) is 0 Å². The summed E-state index contributed by atoms with van der Waals surface area (Å²) in [5.41, 5.74) is 6.64. The van der Waals surface area contributed by atoms with Gasteiger partial charge in [0, 0.05) is 35.3 Å². The topological polar surface area (TPSA) is 58.3 Å². The molecule has 1 aromatic rings. The molecule has 5 heteroatoms. The Hall–Kier alpha value is -0.320. The van der Waals surface area contributed by atoms with Gasteiger partial charge in [-0.25, -0.2) is 0 Å². The number of nitrogens with one attached hydrogen (secondary N) is 1. The molecule has 2 atom stereocenters. The Labute approximate surface area is 112 Å². The molecule has 0 heterocycles. The van der Waals surface area contributed by atoms with Crippen LogP contribution in [0, 0.1) is 0 Å². The van der Waals surface area contributed by atoms with Gasteiger partial charge in [-0.1, -0.05) is 23.2 Å². The molecule has 1 aromatic carbocycles. The quantitative estimate of drug-likeness (QED) is 0.748. The molecule has 2 unspecified atom stereocenters. The molecule has 0 spiro atoms. The van der Waals surface area contributed by atoms with Gasteiger partial charge in [0.15, 0.2) is 0 Å². The lowest BCUT2D eigenvalue weighted by Crippen LogP contribution is -2.35. The van der Waals surface area contributed by atoms with E-state index in [1.165, 1.54) is 0 Å². The Kier molecular flexibility index (Phi) is 6.23. The van der Waals surface area contributed by atoms with Crippen molar-refractivity contribution < 1.29 is 5.11 Å². The minimum Gasteiger partial charge on any atom is -0.396 e. The fourth-order valence-corrected chi connectivity index (χ4v) is 2.12. The largest absolute Gasteiger partial charge is 0.396 e. The summed E-state index contributed by atoms with van der Waals surface area (Å²) in [4.78, 5) is 0. The van der Waals surface area contributed by atoms with Gasteiger partial charge >= 0.3 is 0 Å². The number of nitrogens with two attached hydrogens (primary N) is 1. The van der Waals surface area contributed by atoms with Crippen molar-refractivity contribution in [2.75, 3.05) is 13.2 Å². The second-order valence-electron chi connectivity index (χ2n) is 4.03. The van der Waals surface area contributed by atoms with E-state index in [4.69, 9.17) is 34.0 Å². The number of aliphatic hydroxyl groups is 1. The fraction of sp³-hybridized carbons (Fsp3) is 0.500. The number of aliphatic hydroxyl groups excluding tert-OH is 1. The van der Waals surface area contributed by atoms with Gasteiger partial charge < -0.3 is 16.2 Å². The van der Waals surface area contributed by atoms with Gasteiger partial charge in [-0.15, -0.1) is 0 Å². The predicted octanol–water partition coefficient (Wildman–Crippen LogP) is 2.35. The van der Waals surface area contributed by atoms with Crippen LogP contribution >= 0.6 is 23.2 Å². The average Bonchev–Trinajstić information content (AvgIpc) is 2.30. The van der Waals surface area contributed by atoms with Gasteiger partial charge in [0.2, 0.25) is 0 Å². The summed E-state index contributed by atoms with van der Waals surface area (Å²) in [5, 5.41) is 13.5. The molecule has 0 aliphatic rings. The van der Waals surface area contributed by atoms with E-state index in [0.29, 0.717) is 23.0 Å². The van der Waals surface area contributed by atoms with E-state index in [9.17, 15) is 0 Å². The minimum atomic E-state index is -0.0530. The summed E-state index contributed by atoms with van der Waals surface area (Å²) in [6, 6.07) is 5.45. The normalized spacial score (nSPS) is 14.6. The Balaban J connectivity index is 2.82. The SMILES string of the molecule is CC(CCO)NC(CN)c1cc(Cl)ccc1Cl. The monoisotopic (exact) mass is 276 g/mol. The standard InChI is InChI=1S/C12H18Cl2N2O/c1-8(4-5-17)16-12(7-15)10-6-9(13)2-3-11(10)14/h2-3,6,8,12,16-17H,4-5,7,15H2,1H3. The van der Waals surface area contributed by atoms with Crippen LogP contribution in [0.2, 0.25) is 10.0 Å². The Morgan fingerprint density at radius 1 is 1.41 bits per heavy atom. The zero-order valence-corrected chi connectivity index (χ0v) is 11.3. The van der Waals surface area contributed by atoms with E-state index in [0.717, 1.165) is 5.56 Å². The molecule has 0 fully saturated rings. The molecule has 0 aromatic heterocycles. The number of rotatable bonds is 6. The van der Waals surface area contributed by atoms with E-state index >= 15 is 0 Å². The maximum absolute atomic E-state index is 8.87. The molecule has 0 saturated heterocycles. The molecule has 1 rings (SSSR count). The Morgan fingerprint density at radius 3 is 2.71 bits per heavy atom. The van der Waals surface area contributed by atoms with Crippen LogP contribution in [-0.2, 0) is 0 Å². The highest BCUT2D eigenvalue weighted by atomic mass is 35.5. The van der Waals surface area contributed by atoms with Crippen molar-refractivity contribution in [1.82, 2.24) is 5.32 Å². The van der Waals surface area contributed by atoms with Crippen molar-refractivity contribution in [1.29, 1.82) is 0 Å².